The molecule has 0 spiro atoms. The fraction of sp³-hybridized carbons (Fsp3) is 0.444. The van der Waals surface area contributed by atoms with Gasteiger partial charge in [0.25, 0.3) is 5.91 Å². The third kappa shape index (κ3) is 4.96. The van der Waals surface area contributed by atoms with E-state index in [1.54, 1.807) is 17.6 Å². The van der Waals surface area contributed by atoms with Gasteiger partial charge < -0.3 is 5.32 Å². The van der Waals surface area contributed by atoms with E-state index in [9.17, 15) is 9.59 Å². The van der Waals surface area contributed by atoms with Crippen LogP contribution in [0.5, 0.6) is 0 Å². The van der Waals surface area contributed by atoms with Crippen LogP contribution in [0.15, 0.2) is 23.7 Å². The lowest BCUT2D eigenvalue weighted by molar-refractivity contribution is 0.0957. The van der Waals surface area contributed by atoms with Crippen LogP contribution in [0.2, 0.25) is 0 Å². The molecule has 2 aromatic rings. The van der Waals surface area contributed by atoms with Gasteiger partial charge in [-0.1, -0.05) is 20.8 Å². The van der Waals surface area contributed by atoms with Crippen molar-refractivity contribution in [3.63, 3.8) is 0 Å². The molecule has 2 aromatic heterocycles. The van der Waals surface area contributed by atoms with E-state index >= 15 is 0 Å². The van der Waals surface area contributed by atoms with Crippen LogP contribution < -0.4 is 5.32 Å². The van der Waals surface area contributed by atoms with Gasteiger partial charge in [-0.15, -0.1) is 11.3 Å². The third-order valence-electron chi connectivity index (χ3n) is 3.51. The summed E-state index contributed by atoms with van der Waals surface area (Å²) in [6.45, 7) is 8.33. The van der Waals surface area contributed by atoms with Crippen LogP contribution in [0.4, 0.5) is 0 Å². The van der Waals surface area contributed by atoms with Crippen molar-refractivity contribution in [3.8, 4) is 0 Å². The lowest BCUT2D eigenvalue weighted by atomic mass is 9.95. The van der Waals surface area contributed by atoms with E-state index in [4.69, 9.17) is 0 Å². The average molecular weight is 345 g/mol. The van der Waals surface area contributed by atoms with Crippen LogP contribution in [-0.2, 0) is 11.8 Å². The van der Waals surface area contributed by atoms with Gasteiger partial charge in [0.05, 0.1) is 4.88 Å². The number of nitrogens with one attached hydrogen (secondary N) is 1. The molecule has 0 bridgehead atoms. The first-order valence-electron chi connectivity index (χ1n) is 7.97. The lowest BCUT2D eigenvalue weighted by Crippen LogP contribution is -2.24. The minimum absolute atomic E-state index is 0.0243. The summed E-state index contributed by atoms with van der Waals surface area (Å²) in [6.07, 6.45) is 3.38. The Balaban J connectivity index is 1.82. The Hall–Kier alpha value is -2.08. The van der Waals surface area contributed by atoms with E-state index in [0.717, 1.165) is 24.4 Å². The molecular weight excluding hydrogens is 322 g/mol. The molecule has 0 saturated heterocycles. The van der Waals surface area contributed by atoms with Crippen molar-refractivity contribution in [2.24, 2.45) is 0 Å². The molecule has 0 aliphatic heterocycles. The lowest BCUT2D eigenvalue weighted by Gasteiger charge is -2.16. The highest BCUT2D eigenvalue weighted by molar-refractivity contribution is 7.12. The molecule has 1 N–H and O–H groups in total. The zero-order valence-electron chi connectivity index (χ0n) is 14.5. The molecular formula is C18H23N3O2S. The standard InChI is InChI=1S/C18H23N3O2S/c1-12(22)13-10-15(24-11-13)16(23)19-8-5-6-14-7-9-20-17(21-14)18(2,3)4/h7,9-11H,5-6,8H2,1-4H3,(H,19,23). The van der Waals surface area contributed by atoms with Crippen LogP contribution in [0.25, 0.3) is 0 Å². The van der Waals surface area contributed by atoms with Gasteiger partial charge in [0.2, 0.25) is 0 Å². The maximum Gasteiger partial charge on any atom is 0.261 e. The number of hydrogen-bond donors (Lipinski definition) is 1. The summed E-state index contributed by atoms with van der Waals surface area (Å²) >= 11 is 1.29. The SMILES string of the molecule is CC(=O)c1csc(C(=O)NCCCc2ccnc(C(C)(C)C)n2)c1. The first-order valence-corrected chi connectivity index (χ1v) is 8.85. The molecule has 128 valence electrons. The van der Waals surface area contributed by atoms with Gasteiger partial charge in [-0.25, -0.2) is 9.97 Å². The summed E-state index contributed by atoms with van der Waals surface area (Å²) < 4.78 is 0. The van der Waals surface area contributed by atoms with E-state index in [1.807, 2.05) is 6.07 Å². The Kier molecular flexibility index (Phi) is 5.83. The molecule has 2 heterocycles. The van der Waals surface area contributed by atoms with Crippen molar-refractivity contribution in [1.29, 1.82) is 0 Å². The smallest absolute Gasteiger partial charge is 0.261 e. The monoisotopic (exact) mass is 345 g/mol. The largest absolute Gasteiger partial charge is 0.351 e. The molecule has 5 nitrogen and oxygen atoms in total. The summed E-state index contributed by atoms with van der Waals surface area (Å²) in [5.41, 5.74) is 1.50. The highest BCUT2D eigenvalue weighted by atomic mass is 32.1. The molecule has 6 heteroatoms. The van der Waals surface area contributed by atoms with E-state index in [0.29, 0.717) is 17.0 Å². The van der Waals surface area contributed by atoms with Crippen molar-refractivity contribution in [1.82, 2.24) is 15.3 Å². The van der Waals surface area contributed by atoms with E-state index < -0.39 is 0 Å². The maximum absolute atomic E-state index is 12.0. The number of carbonyl (C=O) groups is 2. The Morgan fingerprint density at radius 3 is 2.67 bits per heavy atom. The summed E-state index contributed by atoms with van der Waals surface area (Å²) in [7, 11) is 0. The molecule has 0 saturated carbocycles. The Bertz CT molecular complexity index is 732. The number of hydrogen-bond acceptors (Lipinski definition) is 5. The quantitative estimate of drug-likeness (QED) is 0.643. The predicted octanol–water partition coefficient (Wildman–Crippen LogP) is 3.40. The second kappa shape index (κ2) is 7.66. The minimum atomic E-state index is -0.134. The number of nitrogens with zero attached hydrogens (tertiary/aromatic N) is 2. The summed E-state index contributed by atoms with van der Waals surface area (Å²) in [6, 6.07) is 3.55. The molecule has 0 aliphatic carbocycles. The normalized spacial score (nSPS) is 11.3. The van der Waals surface area contributed by atoms with Gasteiger partial charge in [-0.05, 0) is 31.9 Å². The predicted molar refractivity (Wildman–Crippen MR) is 95.7 cm³/mol. The van der Waals surface area contributed by atoms with Gasteiger partial charge in [-0.3, -0.25) is 9.59 Å². The molecule has 0 atom stereocenters. The fourth-order valence-corrected chi connectivity index (χ4v) is 2.96. The first kappa shape index (κ1) is 18.3. The first-order chi connectivity index (χ1) is 11.3. The molecule has 2 rings (SSSR count). The number of carbonyl (C=O) groups excluding carboxylic acids is 2. The number of amides is 1. The van der Waals surface area contributed by atoms with Gasteiger partial charge in [0.1, 0.15) is 5.82 Å². The van der Waals surface area contributed by atoms with Gasteiger partial charge >= 0.3 is 0 Å². The highest BCUT2D eigenvalue weighted by Crippen LogP contribution is 2.18. The number of rotatable bonds is 6. The molecule has 0 aromatic carbocycles. The van der Waals surface area contributed by atoms with Crippen molar-refractivity contribution in [3.05, 3.63) is 45.7 Å². The van der Waals surface area contributed by atoms with Crippen molar-refractivity contribution in [2.75, 3.05) is 6.54 Å². The van der Waals surface area contributed by atoms with Crippen molar-refractivity contribution in [2.45, 2.75) is 46.0 Å². The Morgan fingerprint density at radius 2 is 2.04 bits per heavy atom. The van der Waals surface area contributed by atoms with Crippen molar-refractivity contribution >= 4 is 23.0 Å². The second-order valence-electron chi connectivity index (χ2n) is 6.74. The zero-order chi connectivity index (χ0) is 17.7. The number of aryl methyl sites for hydroxylation is 1. The van der Waals surface area contributed by atoms with Crippen molar-refractivity contribution < 1.29 is 9.59 Å². The topological polar surface area (TPSA) is 72.0 Å². The van der Waals surface area contributed by atoms with Gasteiger partial charge in [-0.2, -0.15) is 0 Å². The third-order valence-corrected chi connectivity index (χ3v) is 4.44. The minimum Gasteiger partial charge on any atom is -0.351 e. The van der Waals surface area contributed by atoms with E-state index in [1.165, 1.54) is 18.3 Å². The second-order valence-corrected chi connectivity index (χ2v) is 7.65. The molecule has 1 amide bonds. The molecule has 0 unspecified atom stereocenters. The Labute approximate surface area is 146 Å². The average Bonchev–Trinajstić information content (AvgIpc) is 3.01. The number of aromatic nitrogens is 2. The maximum atomic E-state index is 12.0. The molecule has 0 radical (unpaired) electrons. The molecule has 0 aliphatic rings. The number of Topliss-reactive ketones (excluding diaryl/α,β-unsaturated/α-hetero) is 1. The highest BCUT2D eigenvalue weighted by Gasteiger charge is 2.17. The van der Waals surface area contributed by atoms with Crippen LogP contribution in [0, 0.1) is 0 Å². The molecule has 24 heavy (non-hydrogen) atoms. The fourth-order valence-electron chi connectivity index (χ4n) is 2.10. The van der Waals surface area contributed by atoms with Crippen LogP contribution in [0.1, 0.15) is 65.7 Å². The summed E-state index contributed by atoms with van der Waals surface area (Å²) in [5.74, 6) is 0.675. The zero-order valence-corrected chi connectivity index (χ0v) is 15.4. The van der Waals surface area contributed by atoms with Crippen LogP contribution >= 0.6 is 11.3 Å². The summed E-state index contributed by atoms with van der Waals surface area (Å²) in [4.78, 5) is 32.8. The number of thiophene rings is 1. The number of ketones is 1. The summed E-state index contributed by atoms with van der Waals surface area (Å²) in [5, 5.41) is 4.60. The molecule has 0 fully saturated rings. The van der Waals surface area contributed by atoms with Crippen LogP contribution in [0.3, 0.4) is 0 Å². The van der Waals surface area contributed by atoms with E-state index in [-0.39, 0.29) is 17.1 Å². The van der Waals surface area contributed by atoms with Gasteiger partial charge in [0, 0.05) is 34.8 Å². The van der Waals surface area contributed by atoms with Crippen LogP contribution in [-0.4, -0.2) is 28.2 Å². The van der Waals surface area contributed by atoms with E-state index in [2.05, 4.69) is 36.1 Å². The van der Waals surface area contributed by atoms with Gasteiger partial charge in [0.15, 0.2) is 5.78 Å². The Morgan fingerprint density at radius 1 is 1.29 bits per heavy atom.